The molecule has 0 atom stereocenters. The van der Waals surface area contributed by atoms with Crippen molar-refractivity contribution < 1.29 is 13.2 Å². The first-order valence-corrected chi connectivity index (χ1v) is 10.9. The number of methoxy groups -OCH3 is 1. The van der Waals surface area contributed by atoms with Gasteiger partial charge in [-0.05, 0) is 31.9 Å². The fraction of sp³-hybridized carbons (Fsp3) is 0.688. The first kappa shape index (κ1) is 20.2. The molecule has 0 amide bonds. The Morgan fingerprint density at radius 3 is 2.72 bits per heavy atom. The van der Waals surface area contributed by atoms with E-state index in [0.29, 0.717) is 43.0 Å². The highest BCUT2D eigenvalue weighted by atomic mass is 32.2. The van der Waals surface area contributed by atoms with Crippen molar-refractivity contribution in [1.29, 1.82) is 0 Å². The van der Waals surface area contributed by atoms with Gasteiger partial charge in [-0.1, -0.05) is 6.42 Å². The third-order valence-corrected chi connectivity index (χ3v) is 7.32. The molecule has 1 aliphatic rings. The van der Waals surface area contributed by atoms with Crippen LogP contribution in [0.2, 0.25) is 0 Å². The van der Waals surface area contributed by atoms with Gasteiger partial charge in [0.1, 0.15) is 4.21 Å². The molecule has 0 aliphatic carbocycles. The van der Waals surface area contributed by atoms with Crippen molar-refractivity contribution in [2.75, 3.05) is 39.9 Å². The monoisotopic (exact) mass is 388 g/mol. The van der Waals surface area contributed by atoms with Gasteiger partial charge in [-0.3, -0.25) is 0 Å². The molecular weight excluding hydrogens is 360 g/mol. The molecule has 1 aromatic rings. The van der Waals surface area contributed by atoms with Gasteiger partial charge in [-0.15, -0.1) is 11.3 Å². The van der Waals surface area contributed by atoms with E-state index in [2.05, 4.69) is 15.6 Å². The summed E-state index contributed by atoms with van der Waals surface area (Å²) in [4.78, 5) is 5.43. The summed E-state index contributed by atoms with van der Waals surface area (Å²) in [6, 6.07) is 3.55. The Morgan fingerprint density at radius 2 is 2.04 bits per heavy atom. The highest BCUT2D eigenvalue weighted by Gasteiger charge is 2.27. The van der Waals surface area contributed by atoms with E-state index in [1.54, 1.807) is 17.5 Å². The molecule has 1 fully saturated rings. The minimum absolute atomic E-state index is 0.414. The summed E-state index contributed by atoms with van der Waals surface area (Å²) in [5.74, 6) is 0.702. The van der Waals surface area contributed by atoms with Gasteiger partial charge in [0.2, 0.25) is 0 Å². The van der Waals surface area contributed by atoms with Crippen molar-refractivity contribution in [2.24, 2.45) is 4.99 Å². The average molecular weight is 389 g/mol. The minimum Gasteiger partial charge on any atom is -0.383 e. The molecule has 1 saturated heterocycles. The first-order valence-electron chi connectivity index (χ1n) is 8.68. The lowest BCUT2D eigenvalue weighted by Crippen LogP contribution is -2.38. The van der Waals surface area contributed by atoms with E-state index >= 15 is 0 Å². The maximum Gasteiger partial charge on any atom is 0.252 e. The number of aliphatic imine (C=N–C) groups is 1. The second kappa shape index (κ2) is 10.1. The van der Waals surface area contributed by atoms with Gasteiger partial charge in [0, 0.05) is 38.2 Å². The summed E-state index contributed by atoms with van der Waals surface area (Å²) in [7, 11) is -1.70. The summed E-state index contributed by atoms with van der Waals surface area (Å²) in [6.07, 6.45) is 3.00. The van der Waals surface area contributed by atoms with Crippen molar-refractivity contribution in [2.45, 2.75) is 36.9 Å². The predicted octanol–water partition coefficient (Wildman–Crippen LogP) is 1.62. The van der Waals surface area contributed by atoms with E-state index in [0.717, 1.165) is 30.7 Å². The van der Waals surface area contributed by atoms with E-state index in [4.69, 9.17) is 4.74 Å². The lowest BCUT2D eigenvalue weighted by Gasteiger charge is -2.25. The Labute approximate surface area is 154 Å². The molecule has 1 aromatic heterocycles. The van der Waals surface area contributed by atoms with Crippen molar-refractivity contribution in [3.8, 4) is 0 Å². The van der Waals surface area contributed by atoms with Crippen LogP contribution in [0, 0.1) is 0 Å². The molecule has 7 nitrogen and oxygen atoms in total. The first-order chi connectivity index (χ1) is 12.1. The summed E-state index contributed by atoms with van der Waals surface area (Å²) in [5.41, 5.74) is 0. The number of hydrogen-bond acceptors (Lipinski definition) is 5. The quantitative estimate of drug-likeness (QED) is 0.402. The standard InChI is InChI=1S/C16H28N4O3S2/c1-3-17-16(18-9-12-23-2)19-13-14-7-8-15(24-14)25(21,22)20-10-5-4-6-11-20/h7-8H,3-6,9-13H2,1-2H3,(H2,17,18,19). The molecule has 0 aromatic carbocycles. The number of guanidine groups is 1. The third-order valence-electron chi connectivity index (χ3n) is 3.88. The summed E-state index contributed by atoms with van der Waals surface area (Å²) in [5, 5.41) is 6.33. The number of nitrogens with one attached hydrogen (secondary N) is 2. The Balaban J connectivity index is 2.00. The molecule has 1 aliphatic heterocycles. The SMILES string of the molecule is CCNC(=NCc1ccc(S(=O)(=O)N2CCCCC2)s1)NCCOC. The van der Waals surface area contributed by atoms with Crippen LogP contribution in [0.25, 0.3) is 0 Å². The molecule has 2 heterocycles. The average Bonchev–Trinajstić information content (AvgIpc) is 3.10. The fourth-order valence-corrected chi connectivity index (χ4v) is 5.54. The second-order valence-electron chi connectivity index (χ2n) is 5.80. The molecule has 0 radical (unpaired) electrons. The molecule has 2 rings (SSSR count). The van der Waals surface area contributed by atoms with Crippen LogP contribution >= 0.6 is 11.3 Å². The maximum absolute atomic E-state index is 12.7. The molecule has 0 saturated carbocycles. The topological polar surface area (TPSA) is 83.0 Å². The van der Waals surface area contributed by atoms with Gasteiger partial charge in [-0.2, -0.15) is 4.31 Å². The number of piperidine rings is 1. The van der Waals surface area contributed by atoms with Gasteiger partial charge in [-0.25, -0.2) is 13.4 Å². The van der Waals surface area contributed by atoms with Crippen molar-refractivity contribution in [3.05, 3.63) is 17.0 Å². The van der Waals surface area contributed by atoms with E-state index in [1.165, 1.54) is 11.3 Å². The molecule has 0 bridgehead atoms. The van der Waals surface area contributed by atoms with E-state index in [-0.39, 0.29) is 0 Å². The molecule has 142 valence electrons. The highest BCUT2D eigenvalue weighted by molar-refractivity contribution is 7.91. The molecule has 25 heavy (non-hydrogen) atoms. The fourth-order valence-electron chi connectivity index (χ4n) is 2.58. The number of ether oxygens (including phenoxy) is 1. The van der Waals surface area contributed by atoms with Gasteiger partial charge in [0.05, 0.1) is 13.2 Å². The van der Waals surface area contributed by atoms with Crippen LogP contribution < -0.4 is 10.6 Å². The number of thiophene rings is 1. The van der Waals surface area contributed by atoms with Crippen LogP contribution in [0.5, 0.6) is 0 Å². The lowest BCUT2D eigenvalue weighted by atomic mass is 10.2. The molecule has 0 unspecified atom stereocenters. The van der Waals surface area contributed by atoms with Crippen LogP contribution in [0.15, 0.2) is 21.3 Å². The zero-order valence-corrected chi connectivity index (χ0v) is 16.6. The van der Waals surface area contributed by atoms with Crippen LogP contribution in [-0.4, -0.2) is 58.6 Å². The van der Waals surface area contributed by atoms with E-state index < -0.39 is 10.0 Å². The van der Waals surface area contributed by atoms with Crippen molar-refractivity contribution in [1.82, 2.24) is 14.9 Å². The highest BCUT2D eigenvalue weighted by Crippen LogP contribution is 2.27. The summed E-state index contributed by atoms with van der Waals surface area (Å²) >= 11 is 1.30. The Morgan fingerprint density at radius 1 is 1.28 bits per heavy atom. The minimum atomic E-state index is -3.35. The molecule has 2 N–H and O–H groups in total. The maximum atomic E-state index is 12.7. The Bertz CT molecular complexity index is 652. The van der Waals surface area contributed by atoms with E-state index in [1.807, 2.05) is 13.0 Å². The number of sulfonamides is 1. The zero-order valence-electron chi connectivity index (χ0n) is 15.0. The normalized spacial score (nSPS) is 16.8. The van der Waals surface area contributed by atoms with Gasteiger partial charge in [0.25, 0.3) is 10.0 Å². The third kappa shape index (κ3) is 5.95. The van der Waals surface area contributed by atoms with Crippen LogP contribution in [-0.2, 0) is 21.3 Å². The van der Waals surface area contributed by atoms with Gasteiger partial charge < -0.3 is 15.4 Å². The lowest BCUT2D eigenvalue weighted by molar-refractivity contribution is 0.203. The van der Waals surface area contributed by atoms with Gasteiger partial charge in [0.15, 0.2) is 5.96 Å². The van der Waals surface area contributed by atoms with Crippen molar-refractivity contribution >= 4 is 27.3 Å². The van der Waals surface area contributed by atoms with Crippen LogP contribution in [0.3, 0.4) is 0 Å². The summed E-state index contributed by atoms with van der Waals surface area (Å²) < 4.78 is 32.4. The molecular formula is C16H28N4O3S2. The largest absolute Gasteiger partial charge is 0.383 e. The Hall–Kier alpha value is -1.16. The number of rotatable bonds is 8. The molecule has 9 heteroatoms. The molecule has 0 spiro atoms. The summed E-state index contributed by atoms with van der Waals surface area (Å²) in [6.45, 7) is 5.73. The van der Waals surface area contributed by atoms with Crippen molar-refractivity contribution in [3.63, 3.8) is 0 Å². The Kier molecular flexibility index (Phi) is 8.14. The number of nitrogens with zero attached hydrogens (tertiary/aromatic N) is 2. The van der Waals surface area contributed by atoms with E-state index in [9.17, 15) is 8.42 Å². The smallest absolute Gasteiger partial charge is 0.252 e. The van der Waals surface area contributed by atoms with Crippen LogP contribution in [0.1, 0.15) is 31.1 Å². The zero-order chi connectivity index (χ0) is 18.1. The predicted molar refractivity (Wildman–Crippen MR) is 102 cm³/mol. The van der Waals surface area contributed by atoms with Crippen LogP contribution in [0.4, 0.5) is 0 Å². The second-order valence-corrected chi connectivity index (χ2v) is 9.13. The number of hydrogen-bond donors (Lipinski definition) is 2. The van der Waals surface area contributed by atoms with Gasteiger partial charge >= 0.3 is 0 Å².